The molecule has 0 aliphatic heterocycles. The van der Waals surface area contributed by atoms with Gasteiger partial charge in [-0.15, -0.1) is 0 Å². The van der Waals surface area contributed by atoms with Gasteiger partial charge in [0.25, 0.3) is 5.91 Å². The Labute approximate surface area is 118 Å². The number of esters is 1. The number of urea groups is 1. The number of carbonyl (C=O) groups is 3. The number of carbonyl (C=O) groups excluding carboxylic acids is 3. The second kappa shape index (κ2) is 7.03. The molecule has 0 unspecified atom stereocenters. The monoisotopic (exact) mass is 299 g/mol. The summed E-state index contributed by atoms with van der Waals surface area (Å²) in [5.74, 6) is -2.93. The van der Waals surface area contributed by atoms with Crippen LogP contribution in [0, 0.1) is 10.1 Å². The minimum atomic E-state index is -1.27. The van der Waals surface area contributed by atoms with Crippen LogP contribution in [0.4, 0.5) is 10.7 Å². The first-order chi connectivity index (χ1) is 9.85. The number of ether oxygens (including phenoxy) is 1. The number of amides is 3. The highest BCUT2D eigenvalue weighted by Crippen LogP contribution is 2.16. The lowest BCUT2D eigenvalue weighted by Gasteiger charge is -2.11. The van der Waals surface area contributed by atoms with Gasteiger partial charge in [-0.3, -0.25) is 20.2 Å². The predicted molar refractivity (Wildman–Crippen MR) is 67.5 cm³/mol. The molecule has 0 spiro atoms. The molecule has 114 valence electrons. The van der Waals surface area contributed by atoms with Crippen molar-refractivity contribution in [2.75, 3.05) is 6.54 Å². The second-order valence-corrected chi connectivity index (χ2v) is 3.79. The van der Waals surface area contributed by atoms with Gasteiger partial charge in [-0.25, -0.2) is 9.59 Å². The van der Waals surface area contributed by atoms with E-state index in [1.54, 1.807) is 6.92 Å². The smallest absolute Gasteiger partial charge is 0.433 e. The Morgan fingerprint density at radius 2 is 2.10 bits per heavy atom. The van der Waals surface area contributed by atoms with Crippen LogP contribution < -0.4 is 10.6 Å². The van der Waals surface area contributed by atoms with Gasteiger partial charge in [0.1, 0.15) is 4.92 Å². The van der Waals surface area contributed by atoms with Crippen molar-refractivity contribution in [2.24, 2.45) is 0 Å². The van der Waals surface area contributed by atoms with Crippen molar-refractivity contribution in [3.8, 4) is 0 Å². The van der Waals surface area contributed by atoms with Gasteiger partial charge in [0.2, 0.25) is 5.76 Å². The number of rotatable bonds is 5. The third-order valence-corrected chi connectivity index (χ3v) is 2.20. The highest BCUT2D eigenvalue weighted by Gasteiger charge is 2.24. The maximum absolute atomic E-state index is 11.6. The van der Waals surface area contributed by atoms with Crippen LogP contribution in [0.5, 0.6) is 0 Å². The number of hydrogen-bond donors (Lipinski definition) is 2. The molecule has 3 amide bonds. The maximum atomic E-state index is 11.6. The largest absolute Gasteiger partial charge is 0.447 e. The molecule has 0 aliphatic rings. The van der Waals surface area contributed by atoms with Gasteiger partial charge in [0.15, 0.2) is 6.10 Å². The lowest BCUT2D eigenvalue weighted by molar-refractivity contribution is -0.402. The Morgan fingerprint density at radius 1 is 1.43 bits per heavy atom. The number of imide groups is 1. The molecule has 0 bridgehead atoms. The summed E-state index contributed by atoms with van der Waals surface area (Å²) < 4.78 is 9.35. The van der Waals surface area contributed by atoms with Crippen molar-refractivity contribution in [1.82, 2.24) is 10.6 Å². The average Bonchev–Trinajstić information content (AvgIpc) is 2.88. The van der Waals surface area contributed by atoms with Crippen LogP contribution in [0.25, 0.3) is 0 Å². The Kier molecular flexibility index (Phi) is 5.40. The highest BCUT2D eigenvalue weighted by atomic mass is 16.7. The fourth-order valence-corrected chi connectivity index (χ4v) is 1.23. The first-order valence-electron chi connectivity index (χ1n) is 5.89. The zero-order valence-corrected chi connectivity index (χ0v) is 11.2. The van der Waals surface area contributed by atoms with Crippen molar-refractivity contribution in [2.45, 2.75) is 20.0 Å². The molecular formula is C11H13N3O7. The van der Waals surface area contributed by atoms with E-state index in [2.05, 4.69) is 9.73 Å². The summed E-state index contributed by atoms with van der Waals surface area (Å²) in [6.07, 6.45) is -1.27. The van der Waals surface area contributed by atoms with Gasteiger partial charge in [-0.05, 0) is 19.9 Å². The summed E-state index contributed by atoms with van der Waals surface area (Å²) in [5, 5.41) is 14.7. The zero-order chi connectivity index (χ0) is 16.0. The Hall–Kier alpha value is -2.91. The molecule has 10 nitrogen and oxygen atoms in total. The quantitative estimate of drug-likeness (QED) is 0.460. The lowest BCUT2D eigenvalue weighted by Crippen LogP contribution is -2.44. The van der Waals surface area contributed by atoms with Crippen molar-refractivity contribution in [3.63, 3.8) is 0 Å². The van der Waals surface area contributed by atoms with Crippen LogP contribution in [-0.2, 0) is 9.53 Å². The third kappa shape index (κ3) is 4.60. The van der Waals surface area contributed by atoms with Crippen molar-refractivity contribution in [1.29, 1.82) is 0 Å². The fraction of sp³-hybridized carbons (Fsp3) is 0.364. The molecule has 1 atom stereocenters. The molecule has 1 rings (SSSR count). The lowest BCUT2D eigenvalue weighted by atomic mass is 10.3. The SMILES string of the molecule is CCNC(=O)NC(=O)[C@@H](C)OC(=O)c1ccc([N+](=O)[O-])o1. The van der Waals surface area contributed by atoms with Crippen LogP contribution >= 0.6 is 0 Å². The molecule has 10 heteroatoms. The van der Waals surface area contributed by atoms with Crippen LogP contribution in [0.15, 0.2) is 16.5 Å². The summed E-state index contributed by atoms with van der Waals surface area (Å²) in [4.78, 5) is 43.8. The van der Waals surface area contributed by atoms with E-state index in [0.717, 1.165) is 12.1 Å². The Morgan fingerprint density at radius 3 is 2.62 bits per heavy atom. The number of nitro groups is 1. The van der Waals surface area contributed by atoms with E-state index in [0.29, 0.717) is 6.54 Å². The molecule has 0 saturated heterocycles. The van der Waals surface area contributed by atoms with Gasteiger partial charge < -0.3 is 14.5 Å². The summed E-state index contributed by atoms with van der Waals surface area (Å²) >= 11 is 0. The summed E-state index contributed by atoms with van der Waals surface area (Å²) in [6.45, 7) is 3.23. The topological polar surface area (TPSA) is 141 Å². The second-order valence-electron chi connectivity index (χ2n) is 3.79. The molecule has 1 heterocycles. The highest BCUT2D eigenvalue weighted by molar-refractivity contribution is 5.98. The van der Waals surface area contributed by atoms with Crippen LogP contribution in [0.1, 0.15) is 24.4 Å². The van der Waals surface area contributed by atoms with Gasteiger partial charge in [-0.2, -0.15) is 0 Å². The zero-order valence-electron chi connectivity index (χ0n) is 11.2. The molecule has 0 aromatic carbocycles. The number of hydrogen-bond acceptors (Lipinski definition) is 7. The standard InChI is InChI=1S/C11H13N3O7/c1-3-12-11(17)13-9(15)6(2)20-10(16)7-4-5-8(21-7)14(18)19/h4-6H,3H2,1-2H3,(H2,12,13,15,17)/t6-/m1/s1. The first-order valence-corrected chi connectivity index (χ1v) is 5.89. The number of furan rings is 1. The number of nitrogens with zero attached hydrogens (tertiary/aromatic N) is 1. The van der Waals surface area contributed by atoms with E-state index >= 15 is 0 Å². The normalized spacial score (nSPS) is 11.3. The molecule has 1 aromatic rings. The van der Waals surface area contributed by atoms with Gasteiger partial charge in [0.05, 0.1) is 6.07 Å². The molecular weight excluding hydrogens is 286 g/mol. The van der Waals surface area contributed by atoms with E-state index in [1.165, 1.54) is 6.92 Å². The molecule has 0 radical (unpaired) electrons. The van der Waals surface area contributed by atoms with Crippen LogP contribution in [0.3, 0.4) is 0 Å². The van der Waals surface area contributed by atoms with Crippen molar-refractivity contribution < 1.29 is 28.5 Å². The predicted octanol–water partition coefficient (Wildman–Crippen LogP) is 0.579. The van der Waals surface area contributed by atoms with Crippen LogP contribution in [0.2, 0.25) is 0 Å². The molecule has 2 N–H and O–H groups in total. The molecule has 0 saturated carbocycles. The van der Waals surface area contributed by atoms with Gasteiger partial charge >= 0.3 is 17.9 Å². The van der Waals surface area contributed by atoms with Gasteiger partial charge in [0, 0.05) is 6.54 Å². The van der Waals surface area contributed by atoms with E-state index in [-0.39, 0.29) is 0 Å². The van der Waals surface area contributed by atoms with E-state index < -0.39 is 40.6 Å². The molecule has 0 fully saturated rings. The Bertz CT molecular complexity index is 566. The minimum Gasteiger partial charge on any atom is -0.447 e. The van der Waals surface area contributed by atoms with Crippen molar-refractivity contribution in [3.05, 3.63) is 28.0 Å². The molecule has 1 aromatic heterocycles. The van der Waals surface area contributed by atoms with Gasteiger partial charge in [-0.1, -0.05) is 0 Å². The molecule has 21 heavy (non-hydrogen) atoms. The minimum absolute atomic E-state index is 0.323. The number of nitrogens with one attached hydrogen (secondary N) is 2. The molecule has 0 aliphatic carbocycles. The fourth-order valence-electron chi connectivity index (χ4n) is 1.23. The summed E-state index contributed by atoms with van der Waals surface area (Å²) in [7, 11) is 0. The first kappa shape index (κ1) is 16.1. The summed E-state index contributed by atoms with van der Waals surface area (Å²) in [5.41, 5.74) is 0. The maximum Gasteiger partial charge on any atom is 0.433 e. The van der Waals surface area contributed by atoms with E-state index in [9.17, 15) is 24.5 Å². The average molecular weight is 299 g/mol. The van der Waals surface area contributed by atoms with Crippen LogP contribution in [-0.4, -0.2) is 35.5 Å². The third-order valence-electron chi connectivity index (χ3n) is 2.20. The van der Waals surface area contributed by atoms with E-state index in [4.69, 9.17) is 4.74 Å². The summed E-state index contributed by atoms with van der Waals surface area (Å²) in [6, 6.07) is 1.31. The van der Waals surface area contributed by atoms with E-state index in [1.807, 2.05) is 5.32 Å². The van der Waals surface area contributed by atoms with Crippen molar-refractivity contribution >= 4 is 23.8 Å². The Balaban J connectivity index is 2.58.